The summed E-state index contributed by atoms with van der Waals surface area (Å²) in [5, 5.41) is 14.1. The Labute approximate surface area is 861 Å². The number of hydrogen-bond donors (Lipinski definition) is 0. The van der Waals surface area contributed by atoms with Crippen molar-refractivity contribution in [3.63, 3.8) is 0 Å². The molecule has 15 nitrogen and oxygen atoms in total. The van der Waals surface area contributed by atoms with Crippen molar-refractivity contribution in [1.82, 2.24) is 72.3 Å². The largest absolute Gasteiger partial charge is 0.309 e. The first-order valence-electron chi connectivity index (χ1n) is 50.3. The number of hydrogen-bond acceptors (Lipinski definition) is 9. The van der Waals surface area contributed by atoms with E-state index in [-0.39, 0.29) is 0 Å². The predicted molar refractivity (Wildman–Crippen MR) is 614 cm³/mol. The zero-order valence-electron chi connectivity index (χ0n) is 80.9. The van der Waals surface area contributed by atoms with Gasteiger partial charge in [-0.2, -0.15) is 0 Å². The summed E-state index contributed by atoms with van der Waals surface area (Å²) in [6.45, 7) is 0. The van der Waals surface area contributed by atoms with Gasteiger partial charge in [0.2, 0.25) is 0 Å². The highest BCUT2D eigenvalue weighted by Crippen LogP contribution is 2.46. The Morgan fingerprint density at radius 1 is 0.127 bits per heavy atom. The average Bonchev–Trinajstić information content (AvgIpc) is 1.64. The smallest absolute Gasteiger partial charge is 0.146 e. The van der Waals surface area contributed by atoms with Crippen LogP contribution in [0.15, 0.2) is 529 Å². The summed E-state index contributed by atoms with van der Waals surface area (Å²) >= 11 is 0. The van der Waals surface area contributed by atoms with Crippen LogP contribution in [0.25, 0.3) is 267 Å². The molecule has 0 aliphatic carbocycles. The van der Waals surface area contributed by atoms with Crippen molar-refractivity contribution in [2.75, 3.05) is 0 Å². The maximum Gasteiger partial charge on any atom is 0.146 e. The van der Waals surface area contributed by atoms with Crippen LogP contribution in [0.2, 0.25) is 0 Å². The molecule has 0 atom stereocenters. The van der Waals surface area contributed by atoms with E-state index in [2.05, 4.69) is 454 Å². The van der Waals surface area contributed by atoms with Gasteiger partial charge in [-0.25, -0.2) is 24.9 Å². The molecule has 0 aliphatic heterocycles. The van der Waals surface area contributed by atoms with E-state index in [1.807, 2.05) is 110 Å². The van der Waals surface area contributed by atoms with Crippen molar-refractivity contribution in [3.8, 4) is 135 Å². The third kappa shape index (κ3) is 15.4. The van der Waals surface area contributed by atoms with Crippen molar-refractivity contribution in [2.45, 2.75) is 0 Å². The fourth-order valence-corrected chi connectivity index (χ4v) is 22.0. The lowest BCUT2D eigenvalue weighted by atomic mass is 10.0. The molecule has 15 aromatic heterocycles. The summed E-state index contributed by atoms with van der Waals surface area (Å²) in [7, 11) is 0. The van der Waals surface area contributed by atoms with Crippen molar-refractivity contribution >= 4 is 131 Å². The van der Waals surface area contributed by atoms with Crippen LogP contribution in [0, 0.1) is 0 Å². The van der Waals surface area contributed by atoms with Gasteiger partial charge < -0.3 is 13.7 Å². The minimum absolute atomic E-state index is 0.772. The summed E-state index contributed by atoms with van der Waals surface area (Å²) in [6.07, 6.45) is 13.3. The van der Waals surface area contributed by atoms with E-state index < -0.39 is 0 Å². The molecule has 30 rings (SSSR count). The first-order valence-corrected chi connectivity index (χ1v) is 50.3. The van der Waals surface area contributed by atoms with Gasteiger partial charge in [-0.1, -0.05) is 267 Å². The second-order valence-electron chi connectivity index (χ2n) is 37.7. The molecule has 702 valence electrons. The van der Waals surface area contributed by atoms with Crippen molar-refractivity contribution in [1.29, 1.82) is 0 Å². The van der Waals surface area contributed by atoms with E-state index in [0.717, 1.165) is 201 Å². The second kappa shape index (κ2) is 37.0. The summed E-state index contributed by atoms with van der Waals surface area (Å²) in [5.41, 5.74) is 36.3. The Bertz CT molecular complexity index is 9330. The van der Waals surface area contributed by atoms with Gasteiger partial charge in [0.25, 0.3) is 0 Å². The van der Waals surface area contributed by atoms with Crippen LogP contribution in [-0.4, -0.2) is 72.3 Å². The number of nitrogens with zero attached hydrogens (tertiary/aromatic N) is 15. The molecule has 15 aromatic carbocycles. The van der Waals surface area contributed by atoms with Gasteiger partial charge in [0, 0.05) is 164 Å². The molecule has 0 saturated heterocycles. The highest BCUT2D eigenvalue weighted by Gasteiger charge is 2.26. The molecule has 0 spiro atoms. The van der Waals surface area contributed by atoms with Gasteiger partial charge in [0.1, 0.15) is 22.8 Å². The lowest BCUT2D eigenvalue weighted by Crippen LogP contribution is -2.01. The van der Waals surface area contributed by atoms with E-state index in [1.54, 1.807) is 12.4 Å². The molecule has 0 fully saturated rings. The lowest BCUT2D eigenvalue weighted by molar-refractivity contribution is 1.06. The minimum Gasteiger partial charge on any atom is -0.309 e. The molecule has 0 bridgehead atoms. The van der Waals surface area contributed by atoms with Gasteiger partial charge in [-0.15, -0.1) is 0 Å². The molecule has 150 heavy (non-hydrogen) atoms. The molecular weight excluding hydrogens is 1830 g/mol. The average molecular weight is 1920 g/mol. The fraction of sp³-hybridized carbons (Fsp3) is 0. The SMILES string of the molecule is c1ccc(-c2cc(-c3ccccc3)nc(-n3c4ccccc4c4cc(-c5ccc6c(c5)c5ccccc5n6-c5ccccc5)cnc43)c2)cc1.c1ccc(-n2c3ccccc3c3cc(-c4cnc5c(c4)c4ccccc4n5-c4cc(-c5ccccn5)cc(-c5ccccn5)c4)ccc32)cc1.c1ccc(-n2c3ccccc3c3cc(-c4cnc5c(c4)c4ccccc4n5-c4cc(-c5ccccn5)nc(-c5ccccn5)c4)ccc32)cc1. The Kier molecular flexibility index (Phi) is 21.5. The number of fused-ring (bicyclic) bond motifs is 18. The molecule has 0 unspecified atom stereocenters. The van der Waals surface area contributed by atoms with Crippen molar-refractivity contribution in [3.05, 3.63) is 529 Å². The summed E-state index contributed by atoms with van der Waals surface area (Å²) in [5.74, 6) is 0.840. The molecule has 0 amide bonds. The summed E-state index contributed by atoms with van der Waals surface area (Å²) in [4.78, 5) is 44.5. The lowest BCUT2D eigenvalue weighted by Gasteiger charge is -2.13. The van der Waals surface area contributed by atoms with Crippen LogP contribution >= 0.6 is 0 Å². The monoisotopic (exact) mass is 1920 g/mol. The van der Waals surface area contributed by atoms with Crippen LogP contribution in [0.3, 0.4) is 0 Å². The number of pyridine rings is 9. The van der Waals surface area contributed by atoms with Gasteiger partial charge in [0.05, 0.1) is 95.2 Å². The highest BCUT2D eigenvalue weighted by molar-refractivity contribution is 6.17. The molecule has 0 saturated carbocycles. The standard InChI is InChI=1S/C46H30N4.C45H29N5.C44H28N6/c1-4-14-31(15-5-1)34-28-41(32-16-6-2-7-17-32)48-45(29-34)50-43-23-13-11-21-38(43)40-27-35(30-47-46(40)50)33-24-25-44-39(26-33)37-20-10-12-22-42(37)49(44)36-18-8-3-9-19-36;1-2-12-34(13-3-1)49-42-18-6-4-14-36(42)38-27-30(20-21-44(38)49)33-28-39-37-15-5-7-19-43(37)50(45(39)48-29-33)35-25-31(40-16-8-10-22-46-40)24-32(26-35)41-17-9-11-23-47-41;1-2-12-31(13-3-1)49-41-18-6-4-14-33(41)35-24-29(20-21-43(35)49)30-25-36-34-15-5-7-19-42(34)50(44(36)47-28-30)32-26-39(37-16-8-10-22-45-37)48-40(27-32)38-17-9-11-23-46-38/h1-30H;1-29H;1-28H. The Morgan fingerprint density at radius 3 is 0.773 bits per heavy atom. The van der Waals surface area contributed by atoms with Gasteiger partial charge in [-0.05, 0) is 246 Å². The number of rotatable bonds is 15. The maximum absolute atomic E-state index is 5.26. The van der Waals surface area contributed by atoms with Gasteiger partial charge >= 0.3 is 0 Å². The van der Waals surface area contributed by atoms with Gasteiger partial charge in [-0.3, -0.25) is 33.6 Å². The van der Waals surface area contributed by atoms with E-state index in [9.17, 15) is 0 Å². The molecule has 15 heteroatoms. The third-order valence-corrected chi connectivity index (χ3v) is 28.8. The topological polar surface area (TPSA) is 146 Å². The zero-order chi connectivity index (χ0) is 99.1. The molecule has 0 N–H and O–H groups in total. The van der Waals surface area contributed by atoms with E-state index in [0.29, 0.717) is 0 Å². The van der Waals surface area contributed by atoms with Crippen LogP contribution in [0.4, 0.5) is 0 Å². The zero-order valence-corrected chi connectivity index (χ0v) is 80.9. The van der Waals surface area contributed by atoms with Crippen LogP contribution in [0.1, 0.15) is 0 Å². The predicted octanol–water partition coefficient (Wildman–Crippen LogP) is 33.2. The summed E-state index contributed by atoms with van der Waals surface area (Å²) in [6, 6.07) is 170. The Hall–Kier alpha value is -20.6. The quantitative estimate of drug-likeness (QED) is 0.0979. The van der Waals surface area contributed by atoms with Crippen molar-refractivity contribution in [2.24, 2.45) is 0 Å². The maximum atomic E-state index is 5.26. The van der Waals surface area contributed by atoms with E-state index >= 15 is 0 Å². The minimum atomic E-state index is 0.772. The fourth-order valence-electron chi connectivity index (χ4n) is 22.0. The molecule has 0 radical (unpaired) electrons. The van der Waals surface area contributed by atoms with Gasteiger partial charge in [0.15, 0.2) is 0 Å². The Balaban J connectivity index is 0.000000108. The van der Waals surface area contributed by atoms with Crippen LogP contribution in [0.5, 0.6) is 0 Å². The molecule has 15 heterocycles. The van der Waals surface area contributed by atoms with E-state index in [4.69, 9.17) is 24.9 Å². The molecule has 30 aromatic rings. The summed E-state index contributed by atoms with van der Waals surface area (Å²) < 4.78 is 13.8. The first kappa shape index (κ1) is 87.3. The second-order valence-corrected chi connectivity index (χ2v) is 37.7. The molecule has 0 aliphatic rings. The first-order chi connectivity index (χ1) is 74.4. The number of aromatic nitrogens is 15. The number of para-hydroxylation sites is 9. The third-order valence-electron chi connectivity index (χ3n) is 28.8. The normalized spacial score (nSPS) is 11.6. The Morgan fingerprint density at radius 2 is 0.413 bits per heavy atom. The van der Waals surface area contributed by atoms with Crippen LogP contribution in [-0.2, 0) is 0 Å². The van der Waals surface area contributed by atoms with Crippen LogP contribution < -0.4 is 0 Å². The van der Waals surface area contributed by atoms with Crippen molar-refractivity contribution < 1.29 is 0 Å². The van der Waals surface area contributed by atoms with E-state index in [1.165, 1.54) is 65.4 Å². The highest BCUT2D eigenvalue weighted by atomic mass is 15.1. The molecular formula is C135H87N15. The number of benzene rings is 15.